The average Bonchev–Trinajstić information content (AvgIpc) is 3.66. The third-order valence-electron chi connectivity index (χ3n) is 12.4. The molecular formula is C57H59N5O6. The van der Waals surface area contributed by atoms with Crippen molar-refractivity contribution in [1.29, 1.82) is 0 Å². The molecule has 0 N–H and O–H groups in total. The minimum absolute atomic E-state index is 0.164. The summed E-state index contributed by atoms with van der Waals surface area (Å²) in [5, 5.41) is 10.3. The lowest BCUT2D eigenvalue weighted by Gasteiger charge is -2.21. The summed E-state index contributed by atoms with van der Waals surface area (Å²) < 4.78 is 2.02. The molecule has 0 bridgehead atoms. The van der Waals surface area contributed by atoms with Gasteiger partial charge in [-0.1, -0.05) is 136 Å². The molecule has 7 aromatic rings. The lowest BCUT2D eigenvalue weighted by Crippen LogP contribution is -2.29. The van der Waals surface area contributed by atoms with Crippen LogP contribution in [0.25, 0.3) is 21.8 Å². The number of para-hydroxylation sites is 4. The van der Waals surface area contributed by atoms with Crippen LogP contribution in [0.2, 0.25) is 0 Å². The van der Waals surface area contributed by atoms with E-state index in [1.165, 1.54) is 9.80 Å². The van der Waals surface area contributed by atoms with Gasteiger partial charge in [0, 0.05) is 51.8 Å². The number of aromatic nitrogens is 1. The zero-order valence-electron chi connectivity index (χ0n) is 39.5. The predicted molar refractivity (Wildman–Crippen MR) is 274 cm³/mol. The Balaban J connectivity index is 1.25. The van der Waals surface area contributed by atoms with Gasteiger partial charge in [0.05, 0.1) is 22.7 Å². The van der Waals surface area contributed by atoms with E-state index in [4.69, 9.17) is 9.68 Å². The third kappa shape index (κ3) is 11.0. The Hall–Kier alpha value is -7.66. The van der Waals surface area contributed by atoms with E-state index in [0.717, 1.165) is 47.5 Å². The van der Waals surface area contributed by atoms with Gasteiger partial charge in [-0.25, -0.2) is 19.4 Å². The first kappa shape index (κ1) is 48.3. The molecular weight excluding hydrogens is 851 g/mol. The number of Topliss-reactive ketones (excluding diaryl/α,β-unsaturated/α-hetero) is 2. The first-order valence-electron chi connectivity index (χ1n) is 23.7. The smallest absolute Gasteiger partial charge is 0.344 e. The fourth-order valence-corrected chi connectivity index (χ4v) is 8.65. The summed E-state index contributed by atoms with van der Waals surface area (Å²) in [7, 11) is 1.94. The molecule has 0 aliphatic heterocycles. The van der Waals surface area contributed by atoms with Gasteiger partial charge in [0.25, 0.3) is 0 Å². The van der Waals surface area contributed by atoms with E-state index in [9.17, 15) is 19.2 Å². The first-order valence-corrected chi connectivity index (χ1v) is 23.7. The van der Waals surface area contributed by atoms with Crippen LogP contribution in [0.3, 0.4) is 0 Å². The number of unbranched alkanes of at least 4 members (excludes halogenated alkanes) is 2. The van der Waals surface area contributed by atoms with Gasteiger partial charge in [-0.2, -0.15) is 0 Å². The van der Waals surface area contributed by atoms with E-state index in [-0.39, 0.29) is 34.8 Å². The molecule has 68 heavy (non-hydrogen) atoms. The van der Waals surface area contributed by atoms with Gasteiger partial charge in [0.2, 0.25) is 11.6 Å². The number of fused-ring (bicyclic) bond motifs is 3. The van der Waals surface area contributed by atoms with Crippen LogP contribution in [0, 0.1) is 11.8 Å². The number of carbonyl (C=O) groups is 4. The predicted octanol–water partition coefficient (Wildman–Crippen LogP) is 14.8. The highest BCUT2D eigenvalue weighted by Crippen LogP contribution is 2.33. The molecule has 7 rings (SSSR count). The Morgan fingerprint density at radius 2 is 0.809 bits per heavy atom. The Morgan fingerprint density at radius 1 is 0.485 bits per heavy atom. The molecule has 0 radical (unpaired) electrons. The van der Waals surface area contributed by atoms with Crippen LogP contribution in [0.15, 0.2) is 168 Å². The van der Waals surface area contributed by atoms with E-state index in [1.54, 1.807) is 12.1 Å². The average molecular weight is 910 g/mol. The standard InChI is InChI=1S/C57H59N5O6/c1-6-10-24-40(8-3)52(58-67-56(65)61(44-26-16-12-17-27-44)45-28-18-13-19-29-45)54(63)42-34-36-50-48(38-42)49-39-43(35-37-51(49)60(50)5)55(64)53(41(9-4)25-11-7-2)59-68-57(66)62(46-30-20-14-21-31-46)47-32-22-15-23-33-47/h12-23,26-41H,6-11,24-25H2,1-5H3/b58-52+,59-53+. The van der Waals surface area contributed by atoms with Gasteiger partial charge < -0.3 is 4.57 Å². The molecule has 1 aromatic heterocycles. The largest absolute Gasteiger partial charge is 0.445 e. The normalized spacial score (nSPS) is 12.7. The Bertz CT molecular complexity index is 2620. The number of ketones is 2. The molecule has 11 heteroatoms. The number of hydrogen-bond donors (Lipinski definition) is 0. The fourth-order valence-electron chi connectivity index (χ4n) is 8.65. The number of oxime groups is 2. The summed E-state index contributed by atoms with van der Waals surface area (Å²) in [4.78, 5) is 71.7. The minimum Gasteiger partial charge on any atom is -0.344 e. The Morgan fingerprint density at radius 3 is 1.10 bits per heavy atom. The molecule has 2 atom stereocenters. The number of rotatable bonds is 20. The van der Waals surface area contributed by atoms with E-state index in [2.05, 4.69) is 24.2 Å². The summed E-state index contributed by atoms with van der Waals surface area (Å²) in [5.41, 5.74) is 5.13. The molecule has 348 valence electrons. The Kier molecular flexibility index (Phi) is 16.5. The summed E-state index contributed by atoms with van der Waals surface area (Å²) >= 11 is 0. The summed E-state index contributed by atoms with van der Waals surface area (Å²) in [5.74, 6) is -1.25. The van der Waals surface area contributed by atoms with Gasteiger partial charge in [-0.3, -0.25) is 19.3 Å². The van der Waals surface area contributed by atoms with Crippen molar-refractivity contribution in [3.8, 4) is 0 Å². The second kappa shape index (κ2) is 23.2. The van der Waals surface area contributed by atoms with Crippen LogP contribution < -0.4 is 9.80 Å². The lowest BCUT2D eigenvalue weighted by molar-refractivity contribution is 0.104. The lowest BCUT2D eigenvalue weighted by atomic mass is 9.88. The quantitative estimate of drug-likeness (QED) is 0.0325. The second-order valence-electron chi connectivity index (χ2n) is 16.9. The van der Waals surface area contributed by atoms with Crippen LogP contribution in [0.4, 0.5) is 32.3 Å². The highest BCUT2D eigenvalue weighted by molar-refractivity contribution is 6.47. The van der Waals surface area contributed by atoms with Crippen molar-refractivity contribution in [3.63, 3.8) is 0 Å². The molecule has 2 amide bonds. The maximum atomic E-state index is 14.8. The van der Waals surface area contributed by atoms with Crippen molar-refractivity contribution in [2.45, 2.75) is 79.1 Å². The van der Waals surface area contributed by atoms with Crippen molar-refractivity contribution in [2.24, 2.45) is 29.2 Å². The molecule has 11 nitrogen and oxygen atoms in total. The van der Waals surface area contributed by atoms with Crippen LogP contribution in [-0.4, -0.2) is 39.7 Å². The van der Waals surface area contributed by atoms with Crippen LogP contribution in [0.1, 0.15) is 99.8 Å². The zero-order valence-corrected chi connectivity index (χ0v) is 39.5. The summed E-state index contributed by atoms with van der Waals surface area (Å²) in [6, 6.07) is 47.6. The molecule has 6 aromatic carbocycles. The maximum Gasteiger partial charge on any atom is 0.445 e. The minimum atomic E-state index is -0.748. The number of benzene rings is 6. The molecule has 0 saturated heterocycles. The number of anilines is 4. The molecule has 0 aliphatic rings. The van der Waals surface area contributed by atoms with Crippen molar-refractivity contribution in [1.82, 2.24) is 4.57 Å². The van der Waals surface area contributed by atoms with E-state index >= 15 is 0 Å². The van der Waals surface area contributed by atoms with E-state index in [0.29, 0.717) is 59.6 Å². The van der Waals surface area contributed by atoms with E-state index < -0.39 is 12.2 Å². The van der Waals surface area contributed by atoms with Crippen molar-refractivity contribution >= 4 is 79.7 Å². The van der Waals surface area contributed by atoms with Gasteiger partial charge in [0.15, 0.2) is 0 Å². The van der Waals surface area contributed by atoms with Crippen molar-refractivity contribution < 1.29 is 28.9 Å². The van der Waals surface area contributed by atoms with Crippen molar-refractivity contribution in [3.05, 3.63) is 169 Å². The monoisotopic (exact) mass is 909 g/mol. The summed E-state index contributed by atoms with van der Waals surface area (Å²) in [6.45, 7) is 8.20. The van der Waals surface area contributed by atoms with E-state index in [1.807, 2.05) is 171 Å². The first-order chi connectivity index (χ1) is 33.2. The highest BCUT2D eigenvalue weighted by atomic mass is 16.7. The molecule has 0 spiro atoms. The van der Waals surface area contributed by atoms with Crippen LogP contribution >= 0.6 is 0 Å². The van der Waals surface area contributed by atoms with Crippen LogP contribution in [-0.2, 0) is 16.7 Å². The summed E-state index contributed by atoms with van der Waals surface area (Å²) in [6.07, 6.45) is 4.65. The molecule has 0 fully saturated rings. The zero-order chi connectivity index (χ0) is 48.0. The number of carbonyl (C=O) groups excluding carboxylic acids is 4. The number of amides is 2. The maximum absolute atomic E-state index is 14.8. The molecule has 1 heterocycles. The number of aryl methyl sites for hydroxylation is 1. The van der Waals surface area contributed by atoms with Gasteiger partial charge in [-0.05, 0) is 111 Å². The van der Waals surface area contributed by atoms with Gasteiger partial charge >= 0.3 is 12.2 Å². The molecule has 0 aliphatic carbocycles. The van der Waals surface area contributed by atoms with Gasteiger partial charge in [-0.15, -0.1) is 0 Å². The SMILES string of the molecule is CCCCC(CC)/C(=N\OC(=O)N(c1ccccc1)c1ccccc1)C(=O)c1ccc2c(c1)c1cc(C(=O)/C(=N/OC(=O)N(c3ccccc3)c3ccccc3)C(CC)CCCC)ccc1n2C. The topological polar surface area (TPSA) is 123 Å². The van der Waals surface area contributed by atoms with Gasteiger partial charge in [0.1, 0.15) is 11.4 Å². The molecule has 0 saturated carbocycles. The highest BCUT2D eigenvalue weighted by Gasteiger charge is 2.29. The Labute approximate surface area is 398 Å². The van der Waals surface area contributed by atoms with Crippen molar-refractivity contribution in [2.75, 3.05) is 9.80 Å². The number of nitrogens with zero attached hydrogens (tertiary/aromatic N) is 5. The third-order valence-corrected chi connectivity index (χ3v) is 12.4. The fraction of sp³-hybridized carbons (Fsp3) is 0.263. The second-order valence-corrected chi connectivity index (χ2v) is 16.9. The molecule has 2 unspecified atom stereocenters. The van der Waals surface area contributed by atoms with Crippen LogP contribution in [0.5, 0.6) is 0 Å². The number of hydrogen-bond acceptors (Lipinski definition) is 8.